The molecular formula is C12H8FNO. The first-order valence-electron chi connectivity index (χ1n) is 4.47. The van der Waals surface area contributed by atoms with Crippen molar-refractivity contribution >= 4 is 0 Å². The van der Waals surface area contributed by atoms with Gasteiger partial charge < -0.3 is 4.42 Å². The van der Waals surface area contributed by atoms with E-state index < -0.39 is 5.82 Å². The monoisotopic (exact) mass is 201 g/mol. The lowest BCUT2D eigenvalue weighted by molar-refractivity contribution is 0.567. The Bertz CT molecular complexity index is 523. The second-order valence-corrected chi connectivity index (χ2v) is 3.19. The van der Waals surface area contributed by atoms with Gasteiger partial charge in [-0.05, 0) is 31.2 Å². The molecule has 0 spiro atoms. The lowest BCUT2D eigenvalue weighted by atomic mass is 10.0. The lowest BCUT2D eigenvalue weighted by Gasteiger charge is -2.03. The number of rotatable bonds is 1. The quantitative estimate of drug-likeness (QED) is 0.710. The lowest BCUT2D eigenvalue weighted by Crippen LogP contribution is -1.91. The van der Waals surface area contributed by atoms with Gasteiger partial charge in [-0.25, -0.2) is 4.39 Å². The topological polar surface area (TPSA) is 36.9 Å². The first kappa shape index (κ1) is 9.47. The molecule has 74 valence electrons. The summed E-state index contributed by atoms with van der Waals surface area (Å²) in [6, 6.07) is 8.47. The van der Waals surface area contributed by atoms with Gasteiger partial charge in [0.2, 0.25) is 0 Å². The number of hydrogen-bond acceptors (Lipinski definition) is 2. The van der Waals surface area contributed by atoms with E-state index >= 15 is 0 Å². The van der Waals surface area contributed by atoms with Gasteiger partial charge in [-0.2, -0.15) is 5.26 Å². The van der Waals surface area contributed by atoms with Crippen molar-refractivity contribution < 1.29 is 8.81 Å². The molecule has 1 aromatic heterocycles. The highest BCUT2D eigenvalue weighted by atomic mass is 19.1. The molecule has 3 heteroatoms. The van der Waals surface area contributed by atoms with Crippen LogP contribution < -0.4 is 0 Å². The molecule has 0 aliphatic heterocycles. The Hall–Kier alpha value is -2.08. The van der Waals surface area contributed by atoms with Crippen LogP contribution in [-0.4, -0.2) is 0 Å². The second-order valence-electron chi connectivity index (χ2n) is 3.19. The zero-order valence-corrected chi connectivity index (χ0v) is 8.12. The molecule has 15 heavy (non-hydrogen) atoms. The molecule has 0 atom stereocenters. The van der Waals surface area contributed by atoms with Crippen molar-refractivity contribution in [1.29, 1.82) is 5.26 Å². The third kappa shape index (κ3) is 1.50. The second kappa shape index (κ2) is 3.58. The van der Waals surface area contributed by atoms with Crippen LogP contribution in [0.15, 0.2) is 34.9 Å². The molecule has 0 amide bonds. The Morgan fingerprint density at radius 3 is 2.73 bits per heavy atom. The first-order chi connectivity index (χ1) is 7.24. The van der Waals surface area contributed by atoms with Crippen LogP contribution in [0.1, 0.15) is 11.1 Å². The Kier molecular flexibility index (Phi) is 2.26. The van der Waals surface area contributed by atoms with Crippen molar-refractivity contribution in [2.75, 3.05) is 0 Å². The van der Waals surface area contributed by atoms with Crippen molar-refractivity contribution in [1.82, 2.24) is 0 Å². The predicted molar refractivity (Wildman–Crippen MR) is 53.6 cm³/mol. The van der Waals surface area contributed by atoms with Gasteiger partial charge in [0.15, 0.2) is 0 Å². The van der Waals surface area contributed by atoms with E-state index in [0.717, 1.165) is 0 Å². The maximum Gasteiger partial charge on any atom is 0.138 e. The van der Waals surface area contributed by atoms with E-state index in [1.165, 1.54) is 6.26 Å². The summed E-state index contributed by atoms with van der Waals surface area (Å²) >= 11 is 0. The van der Waals surface area contributed by atoms with E-state index in [2.05, 4.69) is 0 Å². The molecule has 0 radical (unpaired) electrons. The first-order valence-corrected chi connectivity index (χ1v) is 4.47. The molecule has 2 aromatic rings. The SMILES string of the molecule is Cc1c(C#N)ccc(-c2ccco2)c1F. The van der Waals surface area contributed by atoms with Crippen molar-refractivity contribution in [3.63, 3.8) is 0 Å². The number of nitriles is 1. The molecule has 0 unspecified atom stereocenters. The molecule has 0 fully saturated rings. The molecule has 0 N–H and O–H groups in total. The Morgan fingerprint density at radius 1 is 1.33 bits per heavy atom. The third-order valence-electron chi connectivity index (χ3n) is 2.29. The van der Waals surface area contributed by atoms with E-state index in [1.54, 1.807) is 31.2 Å². The van der Waals surface area contributed by atoms with Crippen molar-refractivity contribution in [3.8, 4) is 17.4 Å². The Balaban J connectivity index is 2.62. The fraction of sp³-hybridized carbons (Fsp3) is 0.0833. The molecule has 2 rings (SSSR count). The number of hydrogen-bond donors (Lipinski definition) is 0. The number of halogens is 1. The zero-order valence-electron chi connectivity index (χ0n) is 8.12. The summed E-state index contributed by atoms with van der Waals surface area (Å²) in [6.07, 6.45) is 1.49. The summed E-state index contributed by atoms with van der Waals surface area (Å²) < 4.78 is 18.9. The van der Waals surface area contributed by atoms with Gasteiger partial charge in [0.1, 0.15) is 11.6 Å². The molecule has 2 nitrogen and oxygen atoms in total. The molecule has 1 aromatic carbocycles. The van der Waals surface area contributed by atoms with Crippen LogP contribution in [0.5, 0.6) is 0 Å². The summed E-state index contributed by atoms with van der Waals surface area (Å²) in [5, 5.41) is 8.72. The average Bonchev–Trinajstić information content (AvgIpc) is 2.75. The number of nitrogens with zero attached hydrogens (tertiary/aromatic N) is 1. The molecule has 0 aliphatic carbocycles. The van der Waals surface area contributed by atoms with Gasteiger partial charge in [0.05, 0.1) is 23.5 Å². The smallest absolute Gasteiger partial charge is 0.138 e. The minimum atomic E-state index is -0.399. The van der Waals surface area contributed by atoms with E-state index in [9.17, 15) is 4.39 Å². The largest absolute Gasteiger partial charge is 0.464 e. The highest BCUT2D eigenvalue weighted by Gasteiger charge is 2.12. The molecular weight excluding hydrogens is 193 g/mol. The van der Waals surface area contributed by atoms with E-state index in [1.807, 2.05) is 6.07 Å². The third-order valence-corrected chi connectivity index (χ3v) is 2.29. The van der Waals surface area contributed by atoms with Crippen molar-refractivity contribution in [2.45, 2.75) is 6.92 Å². The zero-order chi connectivity index (χ0) is 10.8. The van der Waals surface area contributed by atoms with Crippen molar-refractivity contribution in [2.24, 2.45) is 0 Å². The summed E-state index contributed by atoms with van der Waals surface area (Å²) in [5.74, 6) is 0.0732. The molecule has 0 aliphatic rings. The number of benzene rings is 1. The molecule has 1 heterocycles. The van der Waals surface area contributed by atoms with E-state index in [-0.39, 0.29) is 0 Å². The molecule has 0 saturated heterocycles. The minimum Gasteiger partial charge on any atom is -0.464 e. The molecule has 0 bridgehead atoms. The van der Waals surface area contributed by atoms with Gasteiger partial charge >= 0.3 is 0 Å². The van der Waals surface area contributed by atoms with Gasteiger partial charge in [0.25, 0.3) is 0 Å². The van der Waals surface area contributed by atoms with Gasteiger partial charge in [0, 0.05) is 5.56 Å². The maximum absolute atomic E-state index is 13.8. The fourth-order valence-electron chi connectivity index (χ4n) is 1.43. The van der Waals surface area contributed by atoms with Crippen molar-refractivity contribution in [3.05, 3.63) is 47.5 Å². The van der Waals surface area contributed by atoms with Gasteiger partial charge in [-0.15, -0.1) is 0 Å². The summed E-state index contributed by atoms with van der Waals surface area (Å²) in [7, 11) is 0. The van der Waals surface area contributed by atoms with E-state index in [4.69, 9.17) is 9.68 Å². The van der Waals surface area contributed by atoms with Gasteiger partial charge in [-0.3, -0.25) is 0 Å². The summed E-state index contributed by atoms with van der Waals surface area (Å²) in [6.45, 7) is 1.58. The highest BCUT2D eigenvalue weighted by Crippen LogP contribution is 2.26. The standard InChI is InChI=1S/C12H8FNO/c1-8-9(7-14)4-5-10(12(8)13)11-3-2-6-15-11/h2-6H,1H3. The maximum atomic E-state index is 13.8. The van der Waals surface area contributed by atoms with Crippen LogP contribution in [-0.2, 0) is 0 Å². The van der Waals surface area contributed by atoms with Crippen LogP contribution in [0.25, 0.3) is 11.3 Å². The van der Waals surface area contributed by atoms with E-state index in [0.29, 0.717) is 22.5 Å². The highest BCUT2D eigenvalue weighted by molar-refractivity contribution is 5.61. The number of furan rings is 1. The summed E-state index contributed by atoms with van der Waals surface area (Å²) in [4.78, 5) is 0. The minimum absolute atomic E-state index is 0.350. The van der Waals surface area contributed by atoms with Crippen LogP contribution in [0.3, 0.4) is 0 Å². The Morgan fingerprint density at radius 2 is 2.13 bits per heavy atom. The Labute approximate surface area is 86.6 Å². The van der Waals surface area contributed by atoms with Gasteiger partial charge in [-0.1, -0.05) is 0 Å². The van der Waals surface area contributed by atoms with Crippen LogP contribution in [0, 0.1) is 24.1 Å². The normalized spacial score (nSPS) is 9.93. The van der Waals surface area contributed by atoms with Crippen LogP contribution in [0.4, 0.5) is 4.39 Å². The summed E-state index contributed by atoms with van der Waals surface area (Å²) in [5.41, 5.74) is 1.09. The molecule has 0 saturated carbocycles. The fourth-order valence-corrected chi connectivity index (χ4v) is 1.43. The van der Waals surface area contributed by atoms with Crippen LogP contribution >= 0.6 is 0 Å². The average molecular weight is 201 g/mol. The predicted octanol–water partition coefficient (Wildman–Crippen LogP) is 3.27. The van der Waals surface area contributed by atoms with Crippen LogP contribution in [0.2, 0.25) is 0 Å².